The Hall–Kier alpha value is -2.28. The molecule has 0 spiro atoms. The van der Waals surface area contributed by atoms with Crippen molar-refractivity contribution < 1.29 is 17.9 Å². The molecule has 1 aromatic carbocycles. The minimum atomic E-state index is -3.84. The third-order valence-corrected chi connectivity index (χ3v) is 6.70. The first-order valence-electron chi connectivity index (χ1n) is 9.24. The van der Waals surface area contributed by atoms with Crippen molar-refractivity contribution >= 4 is 21.6 Å². The summed E-state index contributed by atoms with van der Waals surface area (Å²) in [6.45, 7) is 12.9. The van der Waals surface area contributed by atoms with Gasteiger partial charge in [-0.05, 0) is 57.5 Å². The van der Waals surface area contributed by atoms with Gasteiger partial charge in [0.05, 0.1) is 12.0 Å². The van der Waals surface area contributed by atoms with Crippen LogP contribution in [0.3, 0.4) is 0 Å². The van der Waals surface area contributed by atoms with Crippen LogP contribution in [0.1, 0.15) is 51.9 Å². The largest absolute Gasteiger partial charge is 0.497 e. The van der Waals surface area contributed by atoms with Crippen LogP contribution in [0.2, 0.25) is 0 Å². The van der Waals surface area contributed by atoms with Crippen molar-refractivity contribution in [3.63, 3.8) is 0 Å². The Morgan fingerprint density at radius 1 is 1.11 bits per heavy atom. The van der Waals surface area contributed by atoms with Gasteiger partial charge >= 0.3 is 0 Å². The molecule has 6 nitrogen and oxygen atoms in total. The molecule has 0 atom stereocenters. The number of nitrogens with zero attached hydrogens (tertiary/aromatic N) is 1. The first-order valence-corrected chi connectivity index (χ1v) is 10.7. The van der Waals surface area contributed by atoms with Crippen LogP contribution in [0.25, 0.3) is 0 Å². The number of anilines is 1. The second kappa shape index (κ2) is 7.62. The Balaban J connectivity index is 2.74. The Bertz CT molecular complexity index is 979. The lowest BCUT2D eigenvalue weighted by molar-refractivity contribution is -0.123. The molecule has 1 amide bonds. The maximum Gasteiger partial charge on any atom is 0.230 e. The summed E-state index contributed by atoms with van der Waals surface area (Å²) in [5, 5.41) is 2.88. The lowest BCUT2D eigenvalue weighted by Crippen LogP contribution is -2.29. The minimum absolute atomic E-state index is 0.0196. The van der Waals surface area contributed by atoms with Gasteiger partial charge in [0.15, 0.2) is 0 Å². The Kier molecular flexibility index (Phi) is 5.99. The quantitative estimate of drug-likeness (QED) is 0.792. The molecule has 0 aliphatic heterocycles. The van der Waals surface area contributed by atoms with E-state index < -0.39 is 15.3 Å². The number of rotatable bonds is 5. The minimum Gasteiger partial charge on any atom is -0.497 e. The van der Waals surface area contributed by atoms with Gasteiger partial charge in [0.1, 0.15) is 16.5 Å². The predicted molar refractivity (Wildman–Crippen MR) is 111 cm³/mol. The summed E-state index contributed by atoms with van der Waals surface area (Å²) in [6, 6.07) is 6.24. The van der Waals surface area contributed by atoms with Crippen molar-refractivity contribution in [3.05, 3.63) is 35.5 Å². The van der Waals surface area contributed by atoms with E-state index in [-0.39, 0.29) is 21.7 Å². The number of methoxy groups -OCH3 is 1. The zero-order valence-corrected chi connectivity index (χ0v) is 18.7. The molecular formula is C21H30N2O4S. The summed E-state index contributed by atoms with van der Waals surface area (Å²) < 4.78 is 34.0. The third-order valence-electron chi connectivity index (χ3n) is 4.77. The first kappa shape index (κ1) is 22.0. The number of hydrogen-bond acceptors (Lipinski definition) is 4. The van der Waals surface area contributed by atoms with Crippen molar-refractivity contribution in [3.8, 4) is 5.75 Å². The fourth-order valence-corrected chi connectivity index (χ4v) is 4.74. The zero-order chi connectivity index (χ0) is 21.4. The van der Waals surface area contributed by atoms with Crippen LogP contribution in [0.4, 0.5) is 5.82 Å². The number of carbonyl (C=O) groups excluding carboxylic acids is 1. The van der Waals surface area contributed by atoms with Gasteiger partial charge in [0.25, 0.3) is 0 Å². The lowest BCUT2D eigenvalue weighted by atomic mass is 9.96. The molecule has 7 heteroatoms. The number of benzene rings is 1. The topological polar surface area (TPSA) is 77.4 Å². The van der Waals surface area contributed by atoms with Crippen molar-refractivity contribution in [2.45, 2.75) is 64.3 Å². The smallest absolute Gasteiger partial charge is 0.230 e. The molecule has 1 aromatic heterocycles. The predicted octanol–water partition coefficient (Wildman–Crippen LogP) is 4.51. The molecule has 0 aliphatic carbocycles. The van der Waals surface area contributed by atoms with E-state index in [1.165, 1.54) is 19.2 Å². The normalized spacial score (nSPS) is 12.3. The summed E-state index contributed by atoms with van der Waals surface area (Å²) in [5.41, 5.74) is 0.787. The van der Waals surface area contributed by atoms with Crippen LogP contribution in [-0.2, 0) is 14.6 Å². The molecule has 1 heterocycles. The molecule has 0 radical (unpaired) electrons. The standard InChI is InChI=1S/C21H30N2O4S/c1-13(2)23-15(4)14(3)18(19(23)22-20(24)21(5,6)7)28(25,26)17-11-9-16(27-8)10-12-17/h9-13H,1-8H3,(H,22,24). The van der Waals surface area contributed by atoms with E-state index in [0.29, 0.717) is 17.1 Å². The average Bonchev–Trinajstić information content (AvgIpc) is 2.85. The van der Waals surface area contributed by atoms with Gasteiger partial charge in [-0.2, -0.15) is 0 Å². The highest BCUT2D eigenvalue weighted by Crippen LogP contribution is 2.38. The highest BCUT2D eigenvalue weighted by molar-refractivity contribution is 7.91. The van der Waals surface area contributed by atoms with Crippen LogP contribution < -0.4 is 10.1 Å². The Morgan fingerprint density at radius 3 is 2.07 bits per heavy atom. The van der Waals surface area contributed by atoms with Gasteiger partial charge in [0.2, 0.25) is 15.7 Å². The van der Waals surface area contributed by atoms with Crippen molar-refractivity contribution in [1.29, 1.82) is 0 Å². The molecule has 0 unspecified atom stereocenters. The monoisotopic (exact) mass is 406 g/mol. The van der Waals surface area contributed by atoms with Crippen LogP contribution in [0, 0.1) is 19.3 Å². The van der Waals surface area contributed by atoms with E-state index in [1.807, 2.05) is 25.3 Å². The number of amides is 1. The number of nitrogens with one attached hydrogen (secondary N) is 1. The van der Waals surface area contributed by atoms with Gasteiger partial charge in [-0.15, -0.1) is 0 Å². The lowest BCUT2D eigenvalue weighted by Gasteiger charge is -2.22. The van der Waals surface area contributed by atoms with Crippen LogP contribution in [0.15, 0.2) is 34.1 Å². The molecular weight excluding hydrogens is 376 g/mol. The highest BCUT2D eigenvalue weighted by Gasteiger charge is 2.33. The summed E-state index contributed by atoms with van der Waals surface area (Å²) in [7, 11) is -2.32. The van der Waals surface area contributed by atoms with Gasteiger partial charge < -0.3 is 14.6 Å². The summed E-state index contributed by atoms with van der Waals surface area (Å²) in [6.07, 6.45) is 0. The molecule has 2 aromatic rings. The number of ether oxygens (including phenoxy) is 1. The van der Waals surface area contributed by atoms with Crippen molar-refractivity contribution in [2.24, 2.45) is 5.41 Å². The van der Waals surface area contributed by atoms with E-state index in [4.69, 9.17) is 4.74 Å². The van der Waals surface area contributed by atoms with Crippen molar-refractivity contribution in [1.82, 2.24) is 4.57 Å². The number of sulfone groups is 1. The van der Waals surface area contributed by atoms with Crippen LogP contribution >= 0.6 is 0 Å². The summed E-state index contributed by atoms with van der Waals surface area (Å²) in [5.74, 6) is 0.659. The van der Waals surface area contributed by atoms with E-state index in [9.17, 15) is 13.2 Å². The van der Waals surface area contributed by atoms with E-state index >= 15 is 0 Å². The SMILES string of the molecule is COc1ccc(S(=O)(=O)c2c(C)c(C)n(C(C)C)c2NC(=O)C(C)(C)C)cc1. The molecule has 1 N–H and O–H groups in total. The average molecular weight is 407 g/mol. The van der Waals surface area contributed by atoms with Crippen LogP contribution in [0.5, 0.6) is 5.75 Å². The molecule has 0 fully saturated rings. The maximum atomic E-state index is 13.5. The summed E-state index contributed by atoms with van der Waals surface area (Å²) >= 11 is 0. The molecule has 28 heavy (non-hydrogen) atoms. The maximum absolute atomic E-state index is 13.5. The second-order valence-electron chi connectivity index (χ2n) is 8.23. The molecule has 2 rings (SSSR count). The zero-order valence-electron chi connectivity index (χ0n) is 17.9. The molecule has 0 bridgehead atoms. The molecule has 0 aliphatic rings. The first-order chi connectivity index (χ1) is 12.8. The van der Waals surface area contributed by atoms with E-state index in [0.717, 1.165) is 5.69 Å². The Labute approximate surface area is 167 Å². The number of aromatic nitrogens is 1. The van der Waals surface area contributed by atoms with Crippen LogP contribution in [-0.4, -0.2) is 26.0 Å². The number of carbonyl (C=O) groups is 1. The van der Waals surface area contributed by atoms with E-state index in [2.05, 4.69) is 5.32 Å². The second-order valence-corrected chi connectivity index (χ2v) is 10.1. The molecule has 0 saturated heterocycles. The van der Waals surface area contributed by atoms with Gasteiger partial charge in [0, 0.05) is 17.2 Å². The fourth-order valence-electron chi connectivity index (χ4n) is 3.06. The number of hydrogen-bond donors (Lipinski definition) is 1. The summed E-state index contributed by atoms with van der Waals surface area (Å²) in [4.78, 5) is 13.0. The van der Waals surface area contributed by atoms with E-state index in [1.54, 1.807) is 39.8 Å². The molecule has 0 saturated carbocycles. The van der Waals surface area contributed by atoms with Crippen molar-refractivity contribution in [2.75, 3.05) is 12.4 Å². The van der Waals surface area contributed by atoms with Gasteiger partial charge in [-0.25, -0.2) is 8.42 Å². The highest BCUT2D eigenvalue weighted by atomic mass is 32.2. The van der Waals surface area contributed by atoms with Gasteiger partial charge in [-0.3, -0.25) is 4.79 Å². The van der Waals surface area contributed by atoms with Gasteiger partial charge in [-0.1, -0.05) is 20.8 Å². The Morgan fingerprint density at radius 2 is 1.64 bits per heavy atom. The third kappa shape index (κ3) is 3.94. The fraction of sp³-hybridized carbons (Fsp3) is 0.476. The molecule has 154 valence electrons.